The second kappa shape index (κ2) is 7.71. The van der Waals surface area contributed by atoms with Gasteiger partial charge in [0.1, 0.15) is 11.5 Å². The zero-order chi connectivity index (χ0) is 15.9. The molecule has 0 unspecified atom stereocenters. The van der Waals surface area contributed by atoms with Crippen LogP contribution in [0.4, 0.5) is 5.69 Å². The van der Waals surface area contributed by atoms with E-state index in [0.29, 0.717) is 28.6 Å². The van der Waals surface area contributed by atoms with E-state index in [4.69, 9.17) is 21.1 Å². The Morgan fingerprint density at radius 1 is 1.14 bits per heavy atom. The number of benzene rings is 2. The maximum absolute atomic E-state index is 12.4. The lowest BCUT2D eigenvalue weighted by Crippen LogP contribution is -2.32. The van der Waals surface area contributed by atoms with Gasteiger partial charge in [-0.3, -0.25) is 4.79 Å². The molecule has 1 amide bonds. The van der Waals surface area contributed by atoms with E-state index in [1.165, 1.54) is 0 Å². The van der Waals surface area contributed by atoms with Crippen LogP contribution in [0.25, 0.3) is 0 Å². The lowest BCUT2D eigenvalue weighted by Gasteiger charge is -2.18. The topological polar surface area (TPSA) is 47.6 Å². The van der Waals surface area contributed by atoms with Gasteiger partial charge in [0, 0.05) is 0 Å². The van der Waals surface area contributed by atoms with Gasteiger partial charge in [-0.1, -0.05) is 42.8 Å². The van der Waals surface area contributed by atoms with Crippen molar-refractivity contribution in [3.05, 3.63) is 53.6 Å². The monoisotopic (exact) mass is 319 g/mol. The minimum Gasteiger partial charge on any atom is -0.495 e. The van der Waals surface area contributed by atoms with Crippen LogP contribution in [0.15, 0.2) is 48.5 Å². The van der Waals surface area contributed by atoms with E-state index in [2.05, 4.69) is 5.32 Å². The predicted octanol–water partition coefficient (Wildman–Crippen LogP) is 4.14. The van der Waals surface area contributed by atoms with E-state index in [1.807, 2.05) is 31.2 Å². The van der Waals surface area contributed by atoms with Crippen molar-refractivity contribution >= 4 is 23.2 Å². The normalized spacial score (nSPS) is 11.6. The van der Waals surface area contributed by atoms with Gasteiger partial charge in [-0.05, 0) is 30.7 Å². The molecule has 0 spiro atoms. The first-order chi connectivity index (χ1) is 10.7. The van der Waals surface area contributed by atoms with Crippen LogP contribution in [0.3, 0.4) is 0 Å². The Kier molecular flexibility index (Phi) is 5.67. The van der Waals surface area contributed by atoms with Gasteiger partial charge in [0.15, 0.2) is 6.10 Å². The number of carbonyl (C=O) groups excluding carboxylic acids is 1. The molecule has 2 rings (SSSR count). The van der Waals surface area contributed by atoms with Crippen LogP contribution in [-0.2, 0) is 4.79 Å². The van der Waals surface area contributed by atoms with Gasteiger partial charge in [0.05, 0.1) is 17.8 Å². The number of amides is 1. The Morgan fingerprint density at radius 3 is 2.41 bits per heavy atom. The Balaban J connectivity index is 2.11. The maximum atomic E-state index is 12.4. The van der Waals surface area contributed by atoms with Crippen molar-refractivity contribution in [1.29, 1.82) is 0 Å². The minimum absolute atomic E-state index is 0.244. The van der Waals surface area contributed by atoms with E-state index >= 15 is 0 Å². The smallest absolute Gasteiger partial charge is 0.265 e. The number of methoxy groups -OCH3 is 1. The molecular formula is C17H18ClNO3. The summed E-state index contributed by atoms with van der Waals surface area (Å²) < 4.78 is 10.9. The van der Waals surface area contributed by atoms with Gasteiger partial charge in [0.2, 0.25) is 0 Å². The second-order valence-electron chi connectivity index (χ2n) is 4.63. The fourth-order valence-corrected chi connectivity index (χ4v) is 2.16. The summed E-state index contributed by atoms with van der Waals surface area (Å²) in [6.07, 6.45) is -0.114. The van der Waals surface area contributed by atoms with E-state index in [0.717, 1.165) is 0 Å². The third kappa shape index (κ3) is 3.92. The quantitative estimate of drug-likeness (QED) is 0.870. The number of carbonyl (C=O) groups is 1. The molecule has 2 aromatic rings. The van der Waals surface area contributed by atoms with Gasteiger partial charge >= 0.3 is 0 Å². The Hall–Kier alpha value is -2.20. The number of hydrogen-bond acceptors (Lipinski definition) is 3. The summed E-state index contributed by atoms with van der Waals surface area (Å²) in [7, 11) is 1.56. The zero-order valence-electron chi connectivity index (χ0n) is 12.5. The van der Waals surface area contributed by atoms with Crippen molar-refractivity contribution in [2.45, 2.75) is 19.4 Å². The molecule has 1 N–H and O–H groups in total. The van der Waals surface area contributed by atoms with Gasteiger partial charge in [0.25, 0.3) is 5.91 Å². The first-order valence-electron chi connectivity index (χ1n) is 7.00. The molecule has 2 aromatic carbocycles. The van der Waals surface area contributed by atoms with Crippen LogP contribution in [0.5, 0.6) is 11.5 Å². The van der Waals surface area contributed by atoms with Crippen LogP contribution in [0, 0.1) is 0 Å². The second-order valence-corrected chi connectivity index (χ2v) is 5.04. The highest BCUT2D eigenvalue weighted by atomic mass is 35.5. The van der Waals surface area contributed by atoms with Gasteiger partial charge < -0.3 is 14.8 Å². The lowest BCUT2D eigenvalue weighted by molar-refractivity contribution is -0.122. The predicted molar refractivity (Wildman–Crippen MR) is 87.8 cm³/mol. The number of anilines is 1. The molecule has 0 aliphatic rings. The molecule has 0 aliphatic heterocycles. The fourth-order valence-electron chi connectivity index (χ4n) is 1.98. The average molecular weight is 320 g/mol. The van der Waals surface area contributed by atoms with Gasteiger partial charge in [-0.2, -0.15) is 0 Å². The molecule has 22 heavy (non-hydrogen) atoms. The van der Waals surface area contributed by atoms with Gasteiger partial charge in [-0.25, -0.2) is 0 Å². The fraction of sp³-hybridized carbons (Fsp3) is 0.235. The summed E-state index contributed by atoms with van der Waals surface area (Å²) in [6.45, 7) is 1.88. The van der Waals surface area contributed by atoms with Crippen molar-refractivity contribution in [2.24, 2.45) is 0 Å². The van der Waals surface area contributed by atoms with Crippen LogP contribution < -0.4 is 14.8 Å². The number of halogens is 1. The van der Waals surface area contributed by atoms with E-state index < -0.39 is 6.10 Å². The van der Waals surface area contributed by atoms with Crippen molar-refractivity contribution in [3.63, 3.8) is 0 Å². The molecule has 0 saturated heterocycles. The van der Waals surface area contributed by atoms with E-state index in [9.17, 15) is 4.79 Å². The SMILES string of the molecule is CC[C@@H](Oc1ccccc1Cl)C(=O)Nc1ccccc1OC. The lowest BCUT2D eigenvalue weighted by atomic mass is 10.2. The number of para-hydroxylation sites is 3. The molecule has 0 heterocycles. The number of hydrogen-bond donors (Lipinski definition) is 1. The standard InChI is InChI=1S/C17H18ClNO3/c1-3-14(22-15-10-6-4-8-12(15)18)17(20)19-13-9-5-7-11-16(13)21-2/h4-11,14H,3H2,1-2H3,(H,19,20)/t14-/m1/s1. The first kappa shape index (κ1) is 16.2. The summed E-state index contributed by atoms with van der Waals surface area (Å²) >= 11 is 6.06. The maximum Gasteiger partial charge on any atom is 0.265 e. The summed E-state index contributed by atoms with van der Waals surface area (Å²) in [5.74, 6) is 0.849. The van der Waals surface area contributed by atoms with E-state index in [1.54, 1.807) is 31.4 Å². The summed E-state index contributed by atoms with van der Waals surface area (Å²) in [5.41, 5.74) is 0.608. The van der Waals surface area contributed by atoms with Crippen LogP contribution in [0.1, 0.15) is 13.3 Å². The van der Waals surface area contributed by atoms with Gasteiger partial charge in [-0.15, -0.1) is 0 Å². The molecule has 0 saturated carbocycles. The summed E-state index contributed by atoms with van der Waals surface area (Å²) in [4.78, 5) is 12.4. The number of ether oxygens (including phenoxy) is 2. The highest BCUT2D eigenvalue weighted by Crippen LogP contribution is 2.26. The van der Waals surface area contributed by atoms with Crippen LogP contribution in [0.2, 0.25) is 5.02 Å². The molecule has 0 aliphatic carbocycles. The highest BCUT2D eigenvalue weighted by Gasteiger charge is 2.20. The molecule has 0 fully saturated rings. The van der Waals surface area contributed by atoms with Crippen molar-refractivity contribution in [2.75, 3.05) is 12.4 Å². The Bertz CT molecular complexity index is 645. The molecule has 5 heteroatoms. The molecule has 0 radical (unpaired) electrons. The minimum atomic E-state index is -0.634. The summed E-state index contributed by atoms with van der Waals surface area (Å²) in [5, 5.41) is 3.30. The van der Waals surface area contributed by atoms with Crippen LogP contribution >= 0.6 is 11.6 Å². The molecule has 1 atom stereocenters. The molecule has 0 bridgehead atoms. The Morgan fingerprint density at radius 2 is 1.77 bits per heavy atom. The van der Waals surface area contributed by atoms with Crippen molar-refractivity contribution in [3.8, 4) is 11.5 Å². The summed E-state index contributed by atoms with van der Waals surface area (Å²) in [6, 6.07) is 14.3. The molecular weight excluding hydrogens is 302 g/mol. The largest absolute Gasteiger partial charge is 0.495 e. The van der Waals surface area contributed by atoms with Crippen LogP contribution in [-0.4, -0.2) is 19.1 Å². The number of rotatable bonds is 6. The molecule has 116 valence electrons. The first-order valence-corrected chi connectivity index (χ1v) is 7.38. The average Bonchev–Trinajstić information content (AvgIpc) is 2.54. The van der Waals surface area contributed by atoms with Crippen molar-refractivity contribution in [1.82, 2.24) is 0 Å². The van der Waals surface area contributed by atoms with E-state index in [-0.39, 0.29) is 5.91 Å². The Labute approximate surface area is 135 Å². The van der Waals surface area contributed by atoms with Crippen molar-refractivity contribution < 1.29 is 14.3 Å². The third-order valence-corrected chi connectivity index (χ3v) is 3.45. The zero-order valence-corrected chi connectivity index (χ0v) is 13.3. The molecule has 4 nitrogen and oxygen atoms in total. The highest BCUT2D eigenvalue weighted by molar-refractivity contribution is 6.32. The third-order valence-electron chi connectivity index (χ3n) is 3.13. The molecule has 0 aromatic heterocycles. The number of nitrogens with one attached hydrogen (secondary N) is 1.